The minimum atomic E-state index is -0.330. The van der Waals surface area contributed by atoms with E-state index in [9.17, 15) is 4.79 Å². The van der Waals surface area contributed by atoms with Crippen molar-refractivity contribution in [2.75, 3.05) is 6.61 Å². The van der Waals surface area contributed by atoms with Gasteiger partial charge < -0.3 is 15.3 Å². The van der Waals surface area contributed by atoms with Crippen LogP contribution < -0.4 is 5.73 Å². The molecule has 0 spiro atoms. The van der Waals surface area contributed by atoms with Crippen molar-refractivity contribution in [3.05, 3.63) is 0 Å². The SMILES string of the molecule is N[C@H](C=O)C[C@H]1CCCO1. The Morgan fingerprint density at radius 1 is 1.80 bits per heavy atom. The van der Waals surface area contributed by atoms with Gasteiger partial charge in [-0.25, -0.2) is 0 Å². The van der Waals surface area contributed by atoms with E-state index < -0.39 is 0 Å². The number of carbonyl (C=O) groups is 1. The van der Waals surface area contributed by atoms with Crippen LogP contribution in [0, 0.1) is 0 Å². The second-order valence-electron chi connectivity index (χ2n) is 2.67. The van der Waals surface area contributed by atoms with Crippen LogP contribution in [0.1, 0.15) is 19.3 Å². The van der Waals surface area contributed by atoms with E-state index in [0.29, 0.717) is 6.42 Å². The molecule has 10 heavy (non-hydrogen) atoms. The molecule has 2 atom stereocenters. The Hall–Kier alpha value is -0.410. The molecule has 0 radical (unpaired) electrons. The maximum atomic E-state index is 10.1. The highest BCUT2D eigenvalue weighted by Gasteiger charge is 2.17. The largest absolute Gasteiger partial charge is 0.378 e. The van der Waals surface area contributed by atoms with Crippen molar-refractivity contribution in [2.45, 2.75) is 31.4 Å². The number of ether oxygens (including phenoxy) is 1. The maximum absolute atomic E-state index is 10.1. The topological polar surface area (TPSA) is 52.3 Å². The summed E-state index contributed by atoms with van der Waals surface area (Å²) in [6, 6.07) is -0.330. The van der Waals surface area contributed by atoms with Gasteiger partial charge in [-0.3, -0.25) is 0 Å². The predicted octanol–water partition coefficient (Wildman–Crippen LogP) is 0.0817. The fourth-order valence-corrected chi connectivity index (χ4v) is 1.19. The quantitative estimate of drug-likeness (QED) is 0.569. The van der Waals surface area contributed by atoms with E-state index in [4.69, 9.17) is 10.5 Å². The third-order valence-corrected chi connectivity index (χ3v) is 1.73. The van der Waals surface area contributed by atoms with Gasteiger partial charge in [0.15, 0.2) is 0 Å². The molecule has 3 heteroatoms. The first kappa shape index (κ1) is 7.69. The van der Waals surface area contributed by atoms with Crippen molar-refractivity contribution >= 4 is 6.29 Å². The normalized spacial score (nSPS) is 28.3. The molecule has 0 bridgehead atoms. The monoisotopic (exact) mass is 143 g/mol. The van der Waals surface area contributed by atoms with Crippen molar-refractivity contribution in [2.24, 2.45) is 5.73 Å². The fraction of sp³-hybridized carbons (Fsp3) is 0.857. The first-order chi connectivity index (χ1) is 4.83. The molecule has 0 aromatic heterocycles. The Labute approximate surface area is 60.5 Å². The van der Waals surface area contributed by atoms with Gasteiger partial charge >= 0.3 is 0 Å². The van der Waals surface area contributed by atoms with Crippen LogP contribution in [0.2, 0.25) is 0 Å². The smallest absolute Gasteiger partial charge is 0.136 e. The van der Waals surface area contributed by atoms with Gasteiger partial charge in [-0.15, -0.1) is 0 Å². The van der Waals surface area contributed by atoms with Gasteiger partial charge in [0.1, 0.15) is 6.29 Å². The maximum Gasteiger partial charge on any atom is 0.136 e. The lowest BCUT2D eigenvalue weighted by molar-refractivity contribution is -0.109. The second kappa shape index (κ2) is 3.68. The minimum Gasteiger partial charge on any atom is -0.378 e. The van der Waals surface area contributed by atoms with Gasteiger partial charge in [0.2, 0.25) is 0 Å². The van der Waals surface area contributed by atoms with Crippen LogP contribution in [0.3, 0.4) is 0 Å². The lowest BCUT2D eigenvalue weighted by atomic mass is 10.1. The molecule has 0 aromatic carbocycles. The molecule has 1 aliphatic heterocycles. The predicted molar refractivity (Wildman–Crippen MR) is 37.6 cm³/mol. The average molecular weight is 143 g/mol. The highest BCUT2D eigenvalue weighted by molar-refractivity contribution is 5.56. The molecule has 58 valence electrons. The van der Waals surface area contributed by atoms with Crippen LogP contribution in [0.5, 0.6) is 0 Å². The lowest BCUT2D eigenvalue weighted by Crippen LogP contribution is -2.26. The van der Waals surface area contributed by atoms with Gasteiger partial charge in [-0.1, -0.05) is 0 Å². The summed E-state index contributed by atoms with van der Waals surface area (Å²) in [4.78, 5) is 10.1. The molecule has 0 unspecified atom stereocenters. The third kappa shape index (κ3) is 2.08. The summed E-state index contributed by atoms with van der Waals surface area (Å²) in [5.74, 6) is 0. The molecule has 1 fully saturated rings. The molecule has 1 saturated heterocycles. The summed E-state index contributed by atoms with van der Waals surface area (Å²) < 4.78 is 5.29. The molecule has 0 aliphatic carbocycles. The van der Waals surface area contributed by atoms with Crippen LogP contribution in [0.4, 0.5) is 0 Å². The molecule has 1 aliphatic rings. The van der Waals surface area contributed by atoms with Crippen LogP contribution in [-0.4, -0.2) is 25.0 Å². The molecule has 3 nitrogen and oxygen atoms in total. The van der Waals surface area contributed by atoms with E-state index in [1.807, 2.05) is 0 Å². The van der Waals surface area contributed by atoms with Gasteiger partial charge in [-0.2, -0.15) is 0 Å². The van der Waals surface area contributed by atoms with Crippen molar-refractivity contribution < 1.29 is 9.53 Å². The van der Waals surface area contributed by atoms with Crippen LogP contribution >= 0.6 is 0 Å². The third-order valence-electron chi connectivity index (χ3n) is 1.73. The number of hydrogen-bond acceptors (Lipinski definition) is 3. The highest BCUT2D eigenvalue weighted by Crippen LogP contribution is 2.15. The number of hydrogen-bond donors (Lipinski definition) is 1. The Morgan fingerprint density at radius 3 is 3.10 bits per heavy atom. The van der Waals surface area contributed by atoms with Crippen molar-refractivity contribution in [3.8, 4) is 0 Å². The van der Waals surface area contributed by atoms with Gasteiger partial charge in [0, 0.05) is 6.61 Å². The molecule has 1 rings (SSSR count). The first-order valence-corrected chi connectivity index (χ1v) is 3.65. The summed E-state index contributed by atoms with van der Waals surface area (Å²) in [7, 11) is 0. The Kier molecular flexibility index (Phi) is 2.83. The summed E-state index contributed by atoms with van der Waals surface area (Å²) in [5, 5.41) is 0. The van der Waals surface area contributed by atoms with Gasteiger partial charge in [0.25, 0.3) is 0 Å². The molecule has 0 aromatic rings. The van der Waals surface area contributed by atoms with Gasteiger partial charge in [0.05, 0.1) is 12.1 Å². The summed E-state index contributed by atoms with van der Waals surface area (Å²) in [5.41, 5.74) is 5.40. The molecular formula is C7H13NO2. The Balaban J connectivity index is 2.17. The number of aldehydes is 1. The van der Waals surface area contributed by atoms with Crippen molar-refractivity contribution in [1.82, 2.24) is 0 Å². The van der Waals surface area contributed by atoms with Crippen LogP contribution in [0.15, 0.2) is 0 Å². The number of nitrogens with two attached hydrogens (primary N) is 1. The van der Waals surface area contributed by atoms with Gasteiger partial charge in [-0.05, 0) is 19.3 Å². The summed E-state index contributed by atoms with van der Waals surface area (Å²) >= 11 is 0. The first-order valence-electron chi connectivity index (χ1n) is 3.65. The molecule has 1 heterocycles. The zero-order valence-corrected chi connectivity index (χ0v) is 5.95. The van der Waals surface area contributed by atoms with E-state index in [1.54, 1.807) is 0 Å². The van der Waals surface area contributed by atoms with Crippen molar-refractivity contribution in [3.63, 3.8) is 0 Å². The minimum absolute atomic E-state index is 0.236. The lowest BCUT2D eigenvalue weighted by Gasteiger charge is -2.09. The van der Waals surface area contributed by atoms with E-state index >= 15 is 0 Å². The highest BCUT2D eigenvalue weighted by atomic mass is 16.5. The fourth-order valence-electron chi connectivity index (χ4n) is 1.19. The summed E-state index contributed by atoms with van der Waals surface area (Å²) in [6.45, 7) is 0.830. The van der Waals surface area contributed by atoms with E-state index in [1.165, 1.54) is 0 Å². The Morgan fingerprint density at radius 2 is 2.60 bits per heavy atom. The summed E-state index contributed by atoms with van der Waals surface area (Å²) in [6.07, 6.45) is 3.86. The zero-order chi connectivity index (χ0) is 7.40. The Bertz CT molecular complexity index is 110. The molecule has 0 saturated carbocycles. The van der Waals surface area contributed by atoms with E-state index in [0.717, 1.165) is 25.7 Å². The molecule has 2 N–H and O–H groups in total. The van der Waals surface area contributed by atoms with Crippen LogP contribution in [-0.2, 0) is 9.53 Å². The number of carbonyl (C=O) groups excluding carboxylic acids is 1. The molecular weight excluding hydrogens is 130 g/mol. The molecule has 0 amide bonds. The zero-order valence-electron chi connectivity index (χ0n) is 5.95. The number of rotatable bonds is 3. The van der Waals surface area contributed by atoms with E-state index in [-0.39, 0.29) is 12.1 Å². The van der Waals surface area contributed by atoms with E-state index in [2.05, 4.69) is 0 Å². The second-order valence-corrected chi connectivity index (χ2v) is 2.67. The standard InChI is InChI=1S/C7H13NO2/c8-6(5-9)4-7-2-1-3-10-7/h5-7H,1-4,8H2/t6-,7+/m0/s1. The van der Waals surface area contributed by atoms with Crippen LogP contribution in [0.25, 0.3) is 0 Å². The van der Waals surface area contributed by atoms with Crippen molar-refractivity contribution in [1.29, 1.82) is 0 Å². The average Bonchev–Trinajstić information content (AvgIpc) is 2.40.